The van der Waals surface area contributed by atoms with Crippen LogP contribution in [0.3, 0.4) is 0 Å². The lowest BCUT2D eigenvalue weighted by atomic mass is 10.3. The predicted molar refractivity (Wildman–Crippen MR) is 85.5 cm³/mol. The molecule has 0 aliphatic carbocycles. The monoisotopic (exact) mass is 325 g/mol. The van der Waals surface area contributed by atoms with Crippen molar-refractivity contribution in [2.45, 2.75) is 6.92 Å². The molecule has 7 nitrogen and oxygen atoms in total. The molecule has 8 heteroatoms. The molecule has 0 saturated heterocycles. The van der Waals surface area contributed by atoms with Crippen LogP contribution in [0.4, 0.5) is 5.82 Å². The zero-order valence-electron chi connectivity index (χ0n) is 12.1. The van der Waals surface area contributed by atoms with Crippen LogP contribution in [0.15, 0.2) is 47.5 Å². The summed E-state index contributed by atoms with van der Waals surface area (Å²) in [4.78, 5) is 29.3. The Morgan fingerprint density at radius 2 is 2.09 bits per heavy atom. The van der Waals surface area contributed by atoms with Crippen LogP contribution in [0.2, 0.25) is 0 Å². The van der Waals surface area contributed by atoms with E-state index in [-0.39, 0.29) is 5.91 Å². The zero-order chi connectivity index (χ0) is 16.0. The second-order valence-corrected chi connectivity index (χ2v) is 5.96. The summed E-state index contributed by atoms with van der Waals surface area (Å²) < 4.78 is 1.66. The Bertz CT molecular complexity index is 958. The van der Waals surface area contributed by atoms with Crippen molar-refractivity contribution >= 4 is 34.5 Å². The molecule has 1 aliphatic heterocycles. The van der Waals surface area contributed by atoms with Gasteiger partial charge in [0.05, 0.1) is 4.88 Å². The van der Waals surface area contributed by atoms with Crippen LogP contribution in [0.5, 0.6) is 0 Å². The van der Waals surface area contributed by atoms with Gasteiger partial charge in [-0.1, -0.05) is 6.07 Å². The molecule has 3 aromatic rings. The van der Waals surface area contributed by atoms with Gasteiger partial charge in [0.15, 0.2) is 11.6 Å². The zero-order valence-corrected chi connectivity index (χ0v) is 12.9. The highest BCUT2D eigenvalue weighted by Crippen LogP contribution is 2.25. The van der Waals surface area contributed by atoms with Crippen molar-refractivity contribution in [1.82, 2.24) is 19.6 Å². The molecule has 23 heavy (non-hydrogen) atoms. The van der Waals surface area contributed by atoms with Crippen LogP contribution >= 0.6 is 11.3 Å². The number of nitrogens with one attached hydrogen (secondary N) is 1. The number of carbonyl (C=O) groups is 2. The van der Waals surface area contributed by atoms with Gasteiger partial charge in [0.25, 0.3) is 11.8 Å². The van der Waals surface area contributed by atoms with Crippen LogP contribution in [-0.2, 0) is 9.59 Å². The minimum atomic E-state index is -0.409. The summed E-state index contributed by atoms with van der Waals surface area (Å²) in [6, 6.07) is 7.46. The molecule has 4 heterocycles. The van der Waals surface area contributed by atoms with Crippen molar-refractivity contribution in [1.29, 1.82) is 0 Å². The topological polar surface area (TPSA) is 79.6 Å². The van der Waals surface area contributed by atoms with Crippen molar-refractivity contribution in [3.63, 3.8) is 0 Å². The quantitative estimate of drug-likeness (QED) is 0.746. The number of hydrazine groups is 1. The first kappa shape index (κ1) is 13.6. The molecule has 0 fully saturated rings. The SMILES string of the molecule is CC1=CC(=O)N(Nc2nc(-c3cccs3)nn3cccc23)C1=O. The number of rotatable bonds is 3. The maximum Gasteiger partial charge on any atom is 0.275 e. The van der Waals surface area contributed by atoms with Gasteiger partial charge < -0.3 is 0 Å². The molecular weight excluding hydrogens is 314 g/mol. The number of hydrogen-bond acceptors (Lipinski definition) is 6. The molecule has 0 unspecified atom stereocenters. The first-order valence-electron chi connectivity index (χ1n) is 6.86. The highest BCUT2D eigenvalue weighted by atomic mass is 32.1. The molecule has 0 aromatic carbocycles. The van der Waals surface area contributed by atoms with Crippen molar-refractivity contribution < 1.29 is 9.59 Å². The molecule has 2 amide bonds. The van der Waals surface area contributed by atoms with Gasteiger partial charge >= 0.3 is 0 Å². The molecule has 4 rings (SSSR count). The minimum Gasteiger partial charge on any atom is -0.270 e. The molecule has 114 valence electrons. The van der Waals surface area contributed by atoms with Crippen molar-refractivity contribution in [2.75, 3.05) is 5.43 Å². The molecule has 1 aliphatic rings. The van der Waals surface area contributed by atoms with E-state index in [1.54, 1.807) is 17.6 Å². The van der Waals surface area contributed by atoms with Crippen molar-refractivity contribution in [3.8, 4) is 10.7 Å². The fourth-order valence-electron chi connectivity index (χ4n) is 2.33. The number of nitrogens with zero attached hydrogens (tertiary/aromatic N) is 4. The Kier molecular flexibility index (Phi) is 2.98. The minimum absolute atomic E-state index is 0.379. The Labute approximate surface area is 134 Å². The van der Waals surface area contributed by atoms with Crippen LogP contribution in [-0.4, -0.2) is 31.4 Å². The molecular formula is C15H11N5O2S. The number of amides is 2. The summed E-state index contributed by atoms with van der Waals surface area (Å²) >= 11 is 1.52. The second kappa shape index (κ2) is 5.03. The first-order valence-corrected chi connectivity index (χ1v) is 7.74. The largest absolute Gasteiger partial charge is 0.275 e. The van der Waals surface area contributed by atoms with Gasteiger partial charge in [0.2, 0.25) is 0 Å². The summed E-state index contributed by atoms with van der Waals surface area (Å²) in [6.07, 6.45) is 3.09. The summed E-state index contributed by atoms with van der Waals surface area (Å²) in [5, 5.41) is 7.34. The summed E-state index contributed by atoms with van der Waals surface area (Å²) in [7, 11) is 0. The van der Waals surface area contributed by atoms with E-state index in [0.29, 0.717) is 22.7 Å². The number of carbonyl (C=O) groups excluding carboxylic acids is 2. The average molecular weight is 325 g/mol. The van der Waals surface area contributed by atoms with Crippen LogP contribution in [0.1, 0.15) is 6.92 Å². The first-order chi connectivity index (χ1) is 11.1. The smallest absolute Gasteiger partial charge is 0.270 e. The lowest BCUT2D eigenvalue weighted by Gasteiger charge is -2.17. The summed E-state index contributed by atoms with van der Waals surface area (Å²) in [6.45, 7) is 1.60. The standard InChI is InChI=1S/C15H11N5O2S/c1-9-8-12(21)20(15(9)22)18-13-10-4-2-6-19(10)17-14(16-13)11-5-3-7-23-11/h2-8H,1H3,(H,16,17,18). The van der Waals surface area contributed by atoms with Crippen LogP contribution in [0.25, 0.3) is 16.2 Å². The maximum atomic E-state index is 12.0. The summed E-state index contributed by atoms with van der Waals surface area (Å²) in [5.41, 5.74) is 3.88. The van der Waals surface area contributed by atoms with Gasteiger partial charge in [-0.15, -0.1) is 16.4 Å². The van der Waals surface area contributed by atoms with Gasteiger partial charge in [-0.05, 0) is 30.5 Å². The molecule has 1 N–H and O–H groups in total. The van der Waals surface area contributed by atoms with E-state index in [4.69, 9.17) is 0 Å². The van der Waals surface area contributed by atoms with Crippen molar-refractivity contribution in [2.24, 2.45) is 0 Å². The predicted octanol–water partition coefficient (Wildman–Crippen LogP) is 2.10. The van der Waals surface area contributed by atoms with Gasteiger partial charge in [0, 0.05) is 17.8 Å². The fraction of sp³-hybridized carbons (Fsp3) is 0.0667. The van der Waals surface area contributed by atoms with Gasteiger partial charge in [-0.2, -0.15) is 5.01 Å². The van der Waals surface area contributed by atoms with Gasteiger partial charge in [-0.3, -0.25) is 15.0 Å². The number of aromatic nitrogens is 3. The lowest BCUT2D eigenvalue weighted by Crippen LogP contribution is -2.36. The molecule has 0 bridgehead atoms. The Balaban J connectivity index is 1.79. The molecule has 0 atom stereocenters. The van der Waals surface area contributed by atoms with Gasteiger partial charge in [-0.25, -0.2) is 9.50 Å². The third kappa shape index (κ3) is 2.20. The van der Waals surface area contributed by atoms with E-state index < -0.39 is 5.91 Å². The van der Waals surface area contributed by atoms with Gasteiger partial charge in [0.1, 0.15) is 5.52 Å². The number of hydrogen-bond donors (Lipinski definition) is 1. The number of thiophene rings is 1. The normalized spacial score (nSPS) is 14.7. The number of fused-ring (bicyclic) bond motifs is 1. The fourth-order valence-corrected chi connectivity index (χ4v) is 2.98. The molecule has 0 spiro atoms. The Morgan fingerprint density at radius 3 is 2.78 bits per heavy atom. The highest BCUT2D eigenvalue weighted by molar-refractivity contribution is 7.13. The number of anilines is 1. The second-order valence-electron chi connectivity index (χ2n) is 5.02. The van der Waals surface area contributed by atoms with Crippen LogP contribution in [0, 0.1) is 0 Å². The third-order valence-electron chi connectivity index (χ3n) is 3.45. The van der Waals surface area contributed by atoms with E-state index in [2.05, 4.69) is 15.5 Å². The van der Waals surface area contributed by atoms with E-state index in [1.165, 1.54) is 17.4 Å². The van der Waals surface area contributed by atoms with E-state index in [9.17, 15) is 9.59 Å². The van der Waals surface area contributed by atoms with E-state index in [1.807, 2.05) is 29.6 Å². The molecule has 3 aromatic heterocycles. The van der Waals surface area contributed by atoms with E-state index >= 15 is 0 Å². The Morgan fingerprint density at radius 1 is 1.22 bits per heavy atom. The Hall–Kier alpha value is -3.00. The molecule has 0 saturated carbocycles. The molecule has 0 radical (unpaired) electrons. The maximum absolute atomic E-state index is 12.0. The van der Waals surface area contributed by atoms with Crippen LogP contribution < -0.4 is 5.43 Å². The van der Waals surface area contributed by atoms with Crippen molar-refractivity contribution in [3.05, 3.63) is 47.5 Å². The lowest BCUT2D eigenvalue weighted by molar-refractivity contribution is -0.135. The summed E-state index contributed by atoms with van der Waals surface area (Å²) in [5.74, 6) is 0.137. The highest BCUT2D eigenvalue weighted by Gasteiger charge is 2.29. The third-order valence-corrected chi connectivity index (χ3v) is 4.32. The van der Waals surface area contributed by atoms with E-state index in [0.717, 1.165) is 9.89 Å². The average Bonchev–Trinajstić information content (AvgIpc) is 3.25. The number of imide groups is 1.